The van der Waals surface area contributed by atoms with Crippen molar-refractivity contribution in [2.24, 2.45) is 0 Å². The van der Waals surface area contributed by atoms with Crippen molar-refractivity contribution in [2.75, 3.05) is 6.61 Å². The minimum absolute atomic E-state index is 0.244. The van der Waals surface area contributed by atoms with Gasteiger partial charge in [0.1, 0.15) is 0 Å². The zero-order valence-corrected chi connectivity index (χ0v) is 9.24. The van der Waals surface area contributed by atoms with Gasteiger partial charge in [0.2, 0.25) is 5.78 Å². The molecule has 0 aromatic heterocycles. The first-order valence-corrected chi connectivity index (χ1v) is 4.88. The molecule has 0 saturated carbocycles. The van der Waals surface area contributed by atoms with Gasteiger partial charge < -0.3 is 4.74 Å². The van der Waals surface area contributed by atoms with E-state index in [-0.39, 0.29) is 6.61 Å². The number of alkyl halides is 5. The zero-order chi connectivity index (χ0) is 12.8. The summed E-state index contributed by atoms with van der Waals surface area (Å²) in [5, 5.41) is -4.39. The molecule has 0 spiro atoms. The second kappa shape index (κ2) is 6.08. The lowest BCUT2D eigenvalue weighted by Gasteiger charge is -2.17. The van der Waals surface area contributed by atoms with Gasteiger partial charge in [-0.3, -0.25) is 4.79 Å². The highest BCUT2D eigenvalue weighted by Gasteiger charge is 2.59. The summed E-state index contributed by atoms with van der Waals surface area (Å²) in [6.07, 6.45) is -2.90. The third-order valence-corrected chi connectivity index (χ3v) is 2.00. The first kappa shape index (κ1) is 15.2. The number of allylic oxidation sites excluding steroid dienone is 1. The Labute approximate surface area is 95.2 Å². The first-order chi connectivity index (χ1) is 7.23. The maximum absolute atomic E-state index is 12.8. The summed E-state index contributed by atoms with van der Waals surface area (Å²) in [6, 6.07) is 0. The third kappa shape index (κ3) is 4.38. The van der Waals surface area contributed by atoms with Crippen molar-refractivity contribution in [1.29, 1.82) is 0 Å². The summed E-state index contributed by atoms with van der Waals surface area (Å²) < 4.78 is 53.1. The van der Waals surface area contributed by atoms with Crippen LogP contribution in [0.2, 0.25) is 0 Å². The fourth-order valence-corrected chi connectivity index (χ4v) is 0.713. The molecule has 2 nitrogen and oxygen atoms in total. The molecule has 0 radical (unpaired) electrons. The van der Waals surface area contributed by atoms with Crippen LogP contribution in [0.3, 0.4) is 0 Å². The van der Waals surface area contributed by atoms with Crippen molar-refractivity contribution in [1.82, 2.24) is 0 Å². The largest absolute Gasteiger partial charge is 0.501 e. The van der Waals surface area contributed by atoms with E-state index in [1.807, 2.05) is 6.92 Å². The molecule has 0 aliphatic rings. The molecule has 0 aliphatic carbocycles. The fraction of sp³-hybridized carbons (Fsp3) is 0.667. The van der Waals surface area contributed by atoms with Gasteiger partial charge in [0, 0.05) is 6.08 Å². The number of hydrogen-bond acceptors (Lipinski definition) is 2. The third-order valence-electron chi connectivity index (χ3n) is 1.60. The van der Waals surface area contributed by atoms with Crippen LogP contribution < -0.4 is 0 Å². The molecular weight excluding hydrogens is 252 g/mol. The predicted octanol–water partition coefficient (Wildman–Crippen LogP) is 3.35. The number of rotatable bonds is 6. The SMILES string of the molecule is CCCCOC=CC(=O)C(F)(Cl)C(F)(F)F. The lowest BCUT2D eigenvalue weighted by atomic mass is 10.2. The van der Waals surface area contributed by atoms with Crippen LogP contribution in [0.15, 0.2) is 12.3 Å². The van der Waals surface area contributed by atoms with Crippen molar-refractivity contribution in [3.63, 3.8) is 0 Å². The maximum Gasteiger partial charge on any atom is 0.444 e. The average Bonchev–Trinajstić information content (AvgIpc) is 2.15. The smallest absolute Gasteiger partial charge is 0.444 e. The van der Waals surface area contributed by atoms with E-state index in [0.29, 0.717) is 18.8 Å². The summed E-state index contributed by atoms with van der Waals surface area (Å²) >= 11 is 4.45. The van der Waals surface area contributed by atoms with E-state index in [9.17, 15) is 22.4 Å². The second-order valence-electron chi connectivity index (χ2n) is 2.96. The minimum Gasteiger partial charge on any atom is -0.501 e. The normalized spacial score (nSPS) is 16.1. The van der Waals surface area contributed by atoms with E-state index in [1.54, 1.807) is 0 Å². The highest BCUT2D eigenvalue weighted by Crippen LogP contribution is 2.38. The number of ether oxygens (including phenoxy) is 1. The predicted molar refractivity (Wildman–Crippen MR) is 50.8 cm³/mol. The molecule has 0 aliphatic heterocycles. The molecule has 7 heteroatoms. The van der Waals surface area contributed by atoms with Gasteiger partial charge in [-0.1, -0.05) is 24.9 Å². The first-order valence-electron chi connectivity index (χ1n) is 4.50. The van der Waals surface area contributed by atoms with Crippen molar-refractivity contribution >= 4 is 17.4 Å². The van der Waals surface area contributed by atoms with Crippen molar-refractivity contribution in [2.45, 2.75) is 31.1 Å². The Kier molecular flexibility index (Phi) is 5.78. The number of carbonyl (C=O) groups excluding carboxylic acids is 1. The van der Waals surface area contributed by atoms with E-state index in [1.165, 1.54) is 0 Å². The molecule has 0 N–H and O–H groups in total. The van der Waals surface area contributed by atoms with E-state index < -0.39 is 17.1 Å². The molecular formula is C9H11ClF4O2. The Morgan fingerprint density at radius 2 is 1.94 bits per heavy atom. The summed E-state index contributed by atoms with van der Waals surface area (Å²) in [5.74, 6) is -1.90. The average molecular weight is 263 g/mol. The Balaban J connectivity index is 4.25. The van der Waals surface area contributed by atoms with Crippen molar-refractivity contribution in [3.05, 3.63) is 12.3 Å². The molecule has 94 valence electrons. The number of unbranched alkanes of at least 4 members (excludes halogenated alkanes) is 1. The van der Waals surface area contributed by atoms with Crippen molar-refractivity contribution in [3.8, 4) is 0 Å². The summed E-state index contributed by atoms with van der Waals surface area (Å²) in [6.45, 7) is 2.13. The zero-order valence-electron chi connectivity index (χ0n) is 8.48. The molecule has 1 unspecified atom stereocenters. The van der Waals surface area contributed by atoms with Crippen LogP contribution in [0.5, 0.6) is 0 Å². The number of halogens is 5. The Bertz CT molecular complexity index is 261. The van der Waals surface area contributed by atoms with Gasteiger partial charge >= 0.3 is 11.3 Å². The molecule has 16 heavy (non-hydrogen) atoms. The standard InChI is InChI=1S/C9H11ClF4O2/c1-2-3-5-16-6-4-7(15)8(10,11)9(12,13)14/h4,6H,2-3,5H2,1H3. The highest BCUT2D eigenvalue weighted by atomic mass is 35.5. The Morgan fingerprint density at radius 1 is 1.38 bits per heavy atom. The lowest BCUT2D eigenvalue weighted by Crippen LogP contribution is -2.42. The molecule has 1 atom stereocenters. The number of carbonyl (C=O) groups is 1. The molecule has 0 rings (SSSR count). The topological polar surface area (TPSA) is 26.3 Å². The van der Waals surface area contributed by atoms with Gasteiger partial charge in [0.25, 0.3) is 0 Å². The monoisotopic (exact) mass is 262 g/mol. The van der Waals surface area contributed by atoms with Gasteiger partial charge in [0.15, 0.2) is 0 Å². The molecule has 0 heterocycles. The molecule has 0 saturated heterocycles. The minimum atomic E-state index is -5.45. The highest BCUT2D eigenvalue weighted by molar-refractivity contribution is 6.36. The number of ketones is 1. The van der Waals surface area contributed by atoms with E-state index in [4.69, 9.17) is 0 Å². The summed E-state index contributed by atoms with van der Waals surface area (Å²) in [7, 11) is 0. The Hall–Kier alpha value is -0.780. The van der Waals surface area contributed by atoms with Crippen LogP contribution in [0, 0.1) is 0 Å². The van der Waals surface area contributed by atoms with E-state index in [2.05, 4.69) is 16.3 Å². The van der Waals surface area contributed by atoms with Crippen LogP contribution in [-0.2, 0) is 9.53 Å². The van der Waals surface area contributed by atoms with Crippen LogP contribution >= 0.6 is 11.6 Å². The lowest BCUT2D eigenvalue weighted by molar-refractivity contribution is -0.196. The number of hydrogen-bond donors (Lipinski definition) is 0. The molecule has 0 bridgehead atoms. The summed E-state index contributed by atoms with van der Waals surface area (Å²) in [4.78, 5) is 10.8. The quantitative estimate of drug-likeness (QED) is 0.241. The molecule has 0 aromatic carbocycles. The van der Waals surface area contributed by atoms with Crippen LogP contribution in [0.1, 0.15) is 19.8 Å². The Morgan fingerprint density at radius 3 is 2.38 bits per heavy atom. The van der Waals surface area contributed by atoms with Gasteiger partial charge in [-0.05, 0) is 6.42 Å². The second-order valence-corrected chi connectivity index (χ2v) is 3.48. The molecule has 0 aromatic rings. The van der Waals surface area contributed by atoms with Gasteiger partial charge in [-0.25, -0.2) is 4.39 Å². The van der Waals surface area contributed by atoms with Crippen molar-refractivity contribution < 1.29 is 27.1 Å². The summed E-state index contributed by atoms with van der Waals surface area (Å²) in [5.41, 5.74) is 0. The van der Waals surface area contributed by atoms with E-state index in [0.717, 1.165) is 6.42 Å². The molecule has 0 fully saturated rings. The van der Waals surface area contributed by atoms with Gasteiger partial charge in [-0.2, -0.15) is 13.2 Å². The van der Waals surface area contributed by atoms with Gasteiger partial charge in [0.05, 0.1) is 12.9 Å². The fourth-order valence-electron chi connectivity index (χ4n) is 0.650. The van der Waals surface area contributed by atoms with Crippen LogP contribution in [-0.4, -0.2) is 23.7 Å². The van der Waals surface area contributed by atoms with E-state index >= 15 is 0 Å². The maximum atomic E-state index is 12.8. The molecule has 0 amide bonds. The van der Waals surface area contributed by atoms with Gasteiger partial charge in [-0.15, -0.1) is 0 Å². The van der Waals surface area contributed by atoms with Crippen LogP contribution in [0.4, 0.5) is 17.6 Å². The van der Waals surface area contributed by atoms with Crippen LogP contribution in [0.25, 0.3) is 0 Å².